The van der Waals surface area contributed by atoms with Gasteiger partial charge in [0.2, 0.25) is 0 Å². The summed E-state index contributed by atoms with van der Waals surface area (Å²) in [4.78, 5) is 15.6. The number of ether oxygens (including phenoxy) is 1. The van der Waals surface area contributed by atoms with Crippen molar-refractivity contribution in [2.75, 3.05) is 7.11 Å². The van der Waals surface area contributed by atoms with Crippen molar-refractivity contribution in [2.45, 2.75) is 13.5 Å². The van der Waals surface area contributed by atoms with E-state index >= 15 is 0 Å². The number of carbonyl (C=O) groups is 1. The van der Waals surface area contributed by atoms with Gasteiger partial charge in [-0.1, -0.05) is 18.2 Å². The average Bonchev–Trinajstić information content (AvgIpc) is 2.87. The number of hydrogen-bond donors (Lipinski definition) is 2. The normalized spacial score (nSPS) is 10.7. The number of rotatable bonds is 4. The van der Waals surface area contributed by atoms with Crippen LogP contribution in [0, 0.1) is 12.7 Å². The zero-order chi connectivity index (χ0) is 16.4. The molecular formula is C18H17FN2O2. The summed E-state index contributed by atoms with van der Waals surface area (Å²) in [6.45, 7) is 2.16. The smallest absolute Gasteiger partial charge is 0.253 e. The lowest BCUT2D eigenvalue weighted by molar-refractivity contribution is 0.0952. The average molecular weight is 312 g/mol. The van der Waals surface area contributed by atoms with E-state index in [2.05, 4.69) is 10.3 Å². The summed E-state index contributed by atoms with van der Waals surface area (Å²) in [5.74, 6) is 0.191. The fourth-order valence-electron chi connectivity index (χ4n) is 2.71. The first-order valence-corrected chi connectivity index (χ1v) is 7.28. The zero-order valence-electron chi connectivity index (χ0n) is 12.9. The SMILES string of the molecule is COc1ccccc1CNC(=O)c1c(C)[nH]c2cc(F)ccc12. The van der Waals surface area contributed by atoms with Gasteiger partial charge in [-0.2, -0.15) is 0 Å². The number of halogens is 1. The van der Waals surface area contributed by atoms with Crippen LogP contribution in [0.4, 0.5) is 4.39 Å². The number of carbonyl (C=O) groups excluding carboxylic acids is 1. The maximum absolute atomic E-state index is 13.3. The highest BCUT2D eigenvalue weighted by Gasteiger charge is 2.16. The maximum atomic E-state index is 13.3. The van der Waals surface area contributed by atoms with E-state index in [0.29, 0.717) is 28.7 Å². The van der Waals surface area contributed by atoms with Crippen LogP contribution in [0.3, 0.4) is 0 Å². The Morgan fingerprint density at radius 1 is 1.26 bits per heavy atom. The van der Waals surface area contributed by atoms with Crippen LogP contribution in [0.25, 0.3) is 10.9 Å². The number of aromatic amines is 1. The first kappa shape index (κ1) is 15.1. The molecule has 0 saturated heterocycles. The maximum Gasteiger partial charge on any atom is 0.253 e. The van der Waals surface area contributed by atoms with Crippen molar-refractivity contribution in [1.29, 1.82) is 0 Å². The van der Waals surface area contributed by atoms with E-state index in [-0.39, 0.29) is 11.7 Å². The van der Waals surface area contributed by atoms with E-state index in [1.165, 1.54) is 12.1 Å². The topological polar surface area (TPSA) is 54.1 Å². The quantitative estimate of drug-likeness (QED) is 0.774. The Bertz CT molecular complexity index is 871. The number of aromatic nitrogens is 1. The molecule has 0 atom stereocenters. The minimum atomic E-state index is -0.334. The number of amides is 1. The summed E-state index contributed by atoms with van der Waals surface area (Å²) >= 11 is 0. The summed E-state index contributed by atoms with van der Waals surface area (Å²) in [6.07, 6.45) is 0. The summed E-state index contributed by atoms with van der Waals surface area (Å²) < 4.78 is 18.6. The van der Waals surface area contributed by atoms with Gasteiger partial charge < -0.3 is 15.0 Å². The van der Waals surface area contributed by atoms with Gasteiger partial charge in [-0.15, -0.1) is 0 Å². The van der Waals surface area contributed by atoms with E-state index in [1.54, 1.807) is 20.1 Å². The van der Waals surface area contributed by atoms with Gasteiger partial charge >= 0.3 is 0 Å². The molecule has 0 aliphatic heterocycles. The Labute approximate surface area is 133 Å². The Kier molecular flexibility index (Phi) is 4.02. The molecule has 0 bridgehead atoms. The molecule has 2 N–H and O–H groups in total. The van der Waals surface area contributed by atoms with Gasteiger partial charge in [0.15, 0.2) is 0 Å². The van der Waals surface area contributed by atoms with Gasteiger partial charge in [-0.3, -0.25) is 4.79 Å². The summed E-state index contributed by atoms with van der Waals surface area (Å²) in [5.41, 5.74) is 2.76. The Hall–Kier alpha value is -2.82. The van der Waals surface area contributed by atoms with Crippen molar-refractivity contribution in [3.63, 3.8) is 0 Å². The fraction of sp³-hybridized carbons (Fsp3) is 0.167. The molecule has 0 fully saturated rings. The van der Waals surface area contributed by atoms with Crippen molar-refractivity contribution in [3.8, 4) is 5.75 Å². The number of nitrogens with one attached hydrogen (secondary N) is 2. The predicted octanol–water partition coefficient (Wildman–Crippen LogP) is 3.55. The van der Waals surface area contributed by atoms with Crippen LogP contribution in [0.15, 0.2) is 42.5 Å². The highest BCUT2D eigenvalue weighted by Crippen LogP contribution is 2.23. The van der Waals surface area contributed by atoms with Gasteiger partial charge in [-0.25, -0.2) is 4.39 Å². The van der Waals surface area contributed by atoms with E-state index in [0.717, 1.165) is 11.3 Å². The number of para-hydroxylation sites is 1. The fourth-order valence-corrected chi connectivity index (χ4v) is 2.71. The van der Waals surface area contributed by atoms with Crippen LogP contribution in [0.2, 0.25) is 0 Å². The molecule has 0 spiro atoms. The molecule has 0 unspecified atom stereocenters. The van der Waals surface area contributed by atoms with Crippen LogP contribution in [-0.4, -0.2) is 18.0 Å². The van der Waals surface area contributed by atoms with Gasteiger partial charge in [0.25, 0.3) is 5.91 Å². The van der Waals surface area contributed by atoms with E-state index in [9.17, 15) is 9.18 Å². The van der Waals surface area contributed by atoms with Gasteiger partial charge in [0, 0.05) is 28.7 Å². The molecule has 0 aliphatic carbocycles. The molecule has 2 aromatic carbocycles. The lowest BCUT2D eigenvalue weighted by atomic mass is 10.1. The van der Waals surface area contributed by atoms with Crippen molar-refractivity contribution < 1.29 is 13.9 Å². The molecule has 0 saturated carbocycles. The molecule has 0 radical (unpaired) electrons. The molecule has 3 rings (SSSR count). The number of hydrogen-bond acceptors (Lipinski definition) is 2. The molecule has 0 aliphatic rings. The largest absolute Gasteiger partial charge is 0.496 e. The Morgan fingerprint density at radius 2 is 2.04 bits per heavy atom. The van der Waals surface area contributed by atoms with E-state index in [1.807, 2.05) is 24.3 Å². The minimum Gasteiger partial charge on any atom is -0.496 e. The highest BCUT2D eigenvalue weighted by molar-refractivity contribution is 6.08. The van der Waals surface area contributed by atoms with Gasteiger partial charge in [0.1, 0.15) is 11.6 Å². The molecule has 23 heavy (non-hydrogen) atoms. The Balaban J connectivity index is 1.85. The number of methoxy groups -OCH3 is 1. The van der Waals surface area contributed by atoms with Crippen LogP contribution in [0.1, 0.15) is 21.6 Å². The van der Waals surface area contributed by atoms with E-state index in [4.69, 9.17) is 4.74 Å². The highest BCUT2D eigenvalue weighted by atomic mass is 19.1. The third kappa shape index (κ3) is 2.90. The number of benzene rings is 2. The van der Waals surface area contributed by atoms with Crippen LogP contribution < -0.4 is 10.1 Å². The van der Waals surface area contributed by atoms with Crippen molar-refractivity contribution in [1.82, 2.24) is 10.3 Å². The second kappa shape index (κ2) is 6.12. The van der Waals surface area contributed by atoms with E-state index < -0.39 is 0 Å². The third-order valence-corrected chi connectivity index (χ3v) is 3.81. The van der Waals surface area contributed by atoms with Crippen molar-refractivity contribution in [2.24, 2.45) is 0 Å². The molecule has 3 aromatic rings. The number of H-pyrrole nitrogens is 1. The lowest BCUT2D eigenvalue weighted by Crippen LogP contribution is -2.23. The van der Waals surface area contributed by atoms with Gasteiger partial charge in [0.05, 0.1) is 12.7 Å². The van der Waals surface area contributed by atoms with Crippen LogP contribution >= 0.6 is 0 Å². The Morgan fingerprint density at radius 3 is 2.83 bits per heavy atom. The summed E-state index contributed by atoms with van der Waals surface area (Å²) in [6, 6.07) is 11.9. The second-order valence-electron chi connectivity index (χ2n) is 5.31. The zero-order valence-corrected chi connectivity index (χ0v) is 12.9. The monoisotopic (exact) mass is 312 g/mol. The first-order chi connectivity index (χ1) is 11.1. The third-order valence-electron chi connectivity index (χ3n) is 3.81. The van der Waals surface area contributed by atoms with Crippen LogP contribution in [0.5, 0.6) is 5.75 Å². The van der Waals surface area contributed by atoms with Crippen molar-refractivity contribution >= 4 is 16.8 Å². The molecule has 1 amide bonds. The molecule has 1 heterocycles. The number of fused-ring (bicyclic) bond motifs is 1. The minimum absolute atomic E-state index is 0.203. The lowest BCUT2D eigenvalue weighted by Gasteiger charge is -2.09. The molecule has 118 valence electrons. The molecule has 1 aromatic heterocycles. The standard InChI is InChI=1S/C18H17FN2O2/c1-11-17(14-8-7-13(19)9-15(14)21-11)18(22)20-10-12-5-3-4-6-16(12)23-2/h3-9,21H,10H2,1-2H3,(H,20,22). The second-order valence-corrected chi connectivity index (χ2v) is 5.31. The number of aryl methyl sites for hydroxylation is 1. The van der Waals surface area contributed by atoms with Crippen LogP contribution in [-0.2, 0) is 6.54 Å². The molecule has 5 heteroatoms. The van der Waals surface area contributed by atoms with Gasteiger partial charge in [-0.05, 0) is 31.2 Å². The molecule has 4 nitrogen and oxygen atoms in total. The molecular weight excluding hydrogens is 295 g/mol. The van der Waals surface area contributed by atoms with Crippen molar-refractivity contribution in [3.05, 3.63) is 65.1 Å². The predicted molar refractivity (Wildman–Crippen MR) is 87.2 cm³/mol. The first-order valence-electron chi connectivity index (χ1n) is 7.28. The summed E-state index contributed by atoms with van der Waals surface area (Å²) in [5, 5.41) is 3.60. The summed E-state index contributed by atoms with van der Waals surface area (Å²) in [7, 11) is 1.60.